The van der Waals surface area contributed by atoms with Gasteiger partial charge >= 0.3 is 0 Å². The van der Waals surface area contributed by atoms with Gasteiger partial charge in [-0.15, -0.1) is 0 Å². The third-order valence-electron chi connectivity index (χ3n) is 2.86. The molecule has 1 amide bonds. The van der Waals surface area contributed by atoms with Crippen LogP contribution in [0, 0.1) is 10.5 Å². The van der Waals surface area contributed by atoms with Gasteiger partial charge < -0.3 is 0 Å². The van der Waals surface area contributed by atoms with Crippen LogP contribution in [-0.2, 0) is 6.54 Å². The van der Waals surface area contributed by atoms with E-state index in [9.17, 15) is 9.59 Å². The average Bonchev–Trinajstić information content (AvgIpc) is 2.48. The number of rotatable bonds is 3. The van der Waals surface area contributed by atoms with Gasteiger partial charge in [0.15, 0.2) is 0 Å². The summed E-state index contributed by atoms with van der Waals surface area (Å²) in [6.45, 7) is 2.21. The predicted octanol–water partition coefficient (Wildman–Crippen LogP) is 0.808. The van der Waals surface area contributed by atoms with Gasteiger partial charge in [0, 0.05) is 5.56 Å². The Kier molecular flexibility index (Phi) is 4.50. The van der Waals surface area contributed by atoms with E-state index in [1.54, 1.807) is 31.2 Å². The average molecular weight is 384 g/mol. The van der Waals surface area contributed by atoms with Gasteiger partial charge in [0.2, 0.25) is 0 Å². The zero-order chi connectivity index (χ0) is 14.7. The first kappa shape index (κ1) is 14.7. The van der Waals surface area contributed by atoms with E-state index >= 15 is 0 Å². The van der Waals surface area contributed by atoms with Crippen molar-refractivity contribution in [3.63, 3.8) is 0 Å². The number of hydrogen-bond donors (Lipinski definition) is 2. The van der Waals surface area contributed by atoms with Gasteiger partial charge in [-0.2, -0.15) is 0 Å². The third-order valence-corrected chi connectivity index (χ3v) is 4.10. The molecule has 0 unspecified atom stereocenters. The van der Waals surface area contributed by atoms with E-state index in [4.69, 9.17) is 5.84 Å². The highest BCUT2D eigenvalue weighted by Crippen LogP contribution is 2.07. The van der Waals surface area contributed by atoms with Crippen molar-refractivity contribution in [1.82, 2.24) is 15.0 Å². The lowest BCUT2D eigenvalue weighted by Crippen LogP contribution is -2.30. The number of carbonyl (C=O) groups excluding carboxylic acids is 1. The molecule has 0 radical (unpaired) electrons. The number of carbonyl (C=O) groups is 1. The Labute approximate surface area is 129 Å². The summed E-state index contributed by atoms with van der Waals surface area (Å²) >= 11 is 1.99. The van der Waals surface area contributed by atoms with Gasteiger partial charge in [-0.25, -0.2) is 10.8 Å². The number of nitrogen functional groups attached to an aromatic ring is 1. The molecule has 1 aromatic carbocycles. The maximum atomic E-state index is 12.1. The summed E-state index contributed by atoms with van der Waals surface area (Å²) in [5.74, 6) is 4.72. The van der Waals surface area contributed by atoms with Gasteiger partial charge in [-0.05, 0) is 47.2 Å². The maximum absolute atomic E-state index is 12.1. The number of amides is 1. The minimum atomic E-state index is -0.347. The molecule has 0 aliphatic heterocycles. The lowest BCUT2D eigenvalue weighted by Gasteiger charge is -2.07. The summed E-state index contributed by atoms with van der Waals surface area (Å²) in [6.07, 6.45) is 1.53. The van der Waals surface area contributed by atoms with Crippen LogP contribution in [0.4, 0.5) is 0 Å². The van der Waals surface area contributed by atoms with Crippen LogP contribution in [0.15, 0.2) is 35.4 Å². The molecular weight excluding hydrogens is 371 g/mol. The molecule has 0 saturated heterocycles. The molecule has 1 heterocycles. The van der Waals surface area contributed by atoms with Crippen molar-refractivity contribution in [2.75, 3.05) is 0 Å². The minimum Gasteiger partial charge on any atom is -0.294 e. The number of nitrogens with zero attached hydrogens (tertiary/aromatic N) is 2. The molecule has 0 saturated carbocycles. The first-order valence-corrected chi connectivity index (χ1v) is 6.92. The zero-order valence-electron chi connectivity index (χ0n) is 10.8. The van der Waals surface area contributed by atoms with Crippen molar-refractivity contribution in [3.8, 4) is 0 Å². The Morgan fingerprint density at radius 3 is 2.65 bits per heavy atom. The van der Waals surface area contributed by atoms with E-state index in [2.05, 4.69) is 10.4 Å². The molecule has 0 atom stereocenters. The Morgan fingerprint density at radius 2 is 2.05 bits per heavy atom. The molecule has 3 N–H and O–H groups in total. The largest absolute Gasteiger partial charge is 0.294 e. The summed E-state index contributed by atoms with van der Waals surface area (Å²) in [4.78, 5) is 27.5. The summed E-state index contributed by atoms with van der Waals surface area (Å²) < 4.78 is 2.15. The molecule has 7 heteroatoms. The summed E-state index contributed by atoms with van der Waals surface area (Å²) in [7, 11) is 0. The van der Waals surface area contributed by atoms with Gasteiger partial charge in [-0.1, -0.05) is 12.1 Å². The normalized spacial score (nSPS) is 10.3. The highest BCUT2D eigenvalue weighted by atomic mass is 127. The van der Waals surface area contributed by atoms with Crippen molar-refractivity contribution in [3.05, 3.63) is 61.3 Å². The van der Waals surface area contributed by atoms with Crippen LogP contribution >= 0.6 is 22.6 Å². The van der Waals surface area contributed by atoms with Crippen molar-refractivity contribution in [2.24, 2.45) is 5.84 Å². The summed E-state index contributed by atoms with van der Waals surface area (Å²) in [6, 6.07) is 6.89. The second-order valence-electron chi connectivity index (χ2n) is 4.25. The van der Waals surface area contributed by atoms with Crippen LogP contribution in [0.25, 0.3) is 0 Å². The molecule has 0 aliphatic carbocycles. The third kappa shape index (κ3) is 3.05. The van der Waals surface area contributed by atoms with Crippen LogP contribution in [0.1, 0.15) is 21.6 Å². The molecule has 1 aromatic heterocycles. The molecule has 20 heavy (non-hydrogen) atoms. The Balaban J connectivity index is 2.25. The number of benzene rings is 1. The highest BCUT2D eigenvalue weighted by molar-refractivity contribution is 14.1. The quantitative estimate of drug-likeness (QED) is 0.355. The van der Waals surface area contributed by atoms with E-state index in [-0.39, 0.29) is 11.5 Å². The number of hydrazine groups is 1. The zero-order valence-corrected chi connectivity index (χ0v) is 12.9. The summed E-state index contributed by atoms with van der Waals surface area (Å²) in [5.41, 5.74) is 4.10. The smallest absolute Gasteiger partial charge is 0.267 e. The minimum absolute atomic E-state index is 0.0677. The highest BCUT2D eigenvalue weighted by Gasteiger charge is 2.07. The van der Waals surface area contributed by atoms with Gasteiger partial charge in [0.1, 0.15) is 0 Å². The maximum Gasteiger partial charge on any atom is 0.267 e. The fraction of sp³-hybridized carbons (Fsp3) is 0.154. The second-order valence-corrected chi connectivity index (χ2v) is 5.33. The van der Waals surface area contributed by atoms with E-state index < -0.39 is 0 Å². The van der Waals surface area contributed by atoms with E-state index in [0.717, 1.165) is 11.3 Å². The lowest BCUT2D eigenvalue weighted by atomic mass is 10.1. The topological polar surface area (TPSA) is 90.0 Å². The molecule has 0 spiro atoms. The molecule has 0 bridgehead atoms. The SMILES string of the molecule is Cc1ncn(Cc2ccc(C(=O)NN)cc2)c(=O)c1I. The van der Waals surface area contributed by atoms with Crippen LogP contribution in [-0.4, -0.2) is 15.5 Å². The number of halogens is 1. The Hall–Kier alpha value is -1.74. The van der Waals surface area contributed by atoms with Crippen molar-refractivity contribution in [1.29, 1.82) is 0 Å². The molecule has 0 aliphatic rings. The number of nitrogens with one attached hydrogen (secondary N) is 1. The second kappa shape index (κ2) is 6.14. The number of aromatic nitrogens is 2. The van der Waals surface area contributed by atoms with E-state index in [1.165, 1.54) is 10.9 Å². The van der Waals surface area contributed by atoms with Gasteiger partial charge in [0.05, 0.1) is 22.1 Å². The molecular formula is C13H13IN4O2. The van der Waals surface area contributed by atoms with Crippen LogP contribution in [0.2, 0.25) is 0 Å². The van der Waals surface area contributed by atoms with E-state index in [0.29, 0.717) is 15.7 Å². The van der Waals surface area contributed by atoms with E-state index in [1.807, 2.05) is 22.6 Å². The molecule has 2 aromatic rings. The fourth-order valence-corrected chi connectivity index (χ4v) is 2.15. The lowest BCUT2D eigenvalue weighted by molar-refractivity contribution is 0.0953. The van der Waals surface area contributed by atoms with Crippen molar-refractivity contribution >= 4 is 28.5 Å². The van der Waals surface area contributed by atoms with Gasteiger partial charge in [0.25, 0.3) is 11.5 Å². The van der Waals surface area contributed by atoms with Gasteiger partial charge in [-0.3, -0.25) is 19.6 Å². The molecule has 6 nitrogen and oxygen atoms in total. The Bertz CT molecular complexity index is 695. The van der Waals surface area contributed by atoms with Crippen LogP contribution in [0.5, 0.6) is 0 Å². The van der Waals surface area contributed by atoms with Crippen molar-refractivity contribution in [2.45, 2.75) is 13.5 Å². The standard InChI is InChI=1S/C13H13IN4O2/c1-8-11(14)13(20)18(7-16-8)6-9-2-4-10(5-3-9)12(19)17-15/h2-5,7H,6,15H2,1H3,(H,17,19). The molecule has 2 rings (SSSR count). The number of hydrogen-bond acceptors (Lipinski definition) is 4. The predicted molar refractivity (Wildman–Crippen MR) is 83.1 cm³/mol. The molecule has 104 valence electrons. The monoisotopic (exact) mass is 384 g/mol. The first-order chi connectivity index (χ1) is 9.52. The van der Waals surface area contributed by atoms with Crippen LogP contribution < -0.4 is 16.8 Å². The summed E-state index contributed by atoms with van der Waals surface area (Å²) in [5, 5.41) is 0. The number of aryl methyl sites for hydroxylation is 1. The first-order valence-electron chi connectivity index (χ1n) is 5.84. The Morgan fingerprint density at radius 1 is 1.40 bits per heavy atom. The van der Waals surface area contributed by atoms with Crippen LogP contribution in [0.3, 0.4) is 0 Å². The van der Waals surface area contributed by atoms with Crippen molar-refractivity contribution < 1.29 is 4.79 Å². The molecule has 0 fully saturated rings. The number of nitrogens with two attached hydrogens (primary N) is 1. The fourth-order valence-electron chi connectivity index (χ4n) is 1.70.